The lowest BCUT2D eigenvalue weighted by molar-refractivity contribution is 0.660. The Kier molecular flexibility index (Phi) is 3.00. The Labute approximate surface area is 92.7 Å². The highest BCUT2D eigenvalue weighted by Gasteiger charge is 2.19. The third-order valence-electron chi connectivity index (χ3n) is 2.69. The number of nitrogens with one attached hydrogen (secondary N) is 1. The van der Waals surface area contributed by atoms with Gasteiger partial charge >= 0.3 is 0 Å². The van der Waals surface area contributed by atoms with Crippen LogP contribution in [0.25, 0.3) is 0 Å². The summed E-state index contributed by atoms with van der Waals surface area (Å²) in [5.41, 5.74) is 6.09. The van der Waals surface area contributed by atoms with Crippen LogP contribution in [0.4, 0.5) is 5.82 Å². The quantitative estimate of drug-likeness (QED) is 0.761. The van der Waals surface area contributed by atoms with Crippen molar-refractivity contribution in [2.24, 2.45) is 0 Å². The maximum atomic E-state index is 11.5. The number of hydrogen-bond acceptors (Lipinski definition) is 4. The highest BCUT2D eigenvalue weighted by molar-refractivity contribution is 7.99. The molecule has 3 N–H and O–H groups in total. The van der Waals surface area contributed by atoms with Gasteiger partial charge in [-0.2, -0.15) is 11.8 Å². The Morgan fingerprint density at radius 1 is 1.53 bits per heavy atom. The molecule has 5 heteroatoms. The first-order valence-electron chi connectivity index (χ1n) is 5.16. The molecule has 1 fully saturated rings. The summed E-state index contributed by atoms with van der Waals surface area (Å²) in [7, 11) is 0. The molecule has 0 radical (unpaired) electrons. The summed E-state index contributed by atoms with van der Waals surface area (Å²) in [6, 6.07) is 0. The summed E-state index contributed by atoms with van der Waals surface area (Å²) in [5.74, 6) is 2.25. The van der Waals surface area contributed by atoms with E-state index >= 15 is 0 Å². The smallest absolute Gasteiger partial charge is 0.255 e. The molecule has 0 aromatic carbocycles. The highest BCUT2D eigenvalue weighted by atomic mass is 32.2. The van der Waals surface area contributed by atoms with E-state index in [4.69, 9.17) is 5.73 Å². The molecule has 1 aromatic rings. The van der Waals surface area contributed by atoms with E-state index in [2.05, 4.69) is 9.97 Å². The molecule has 1 aromatic heterocycles. The number of aromatic nitrogens is 2. The molecule has 1 aliphatic heterocycles. The molecular weight excluding hydrogens is 210 g/mol. The van der Waals surface area contributed by atoms with E-state index in [1.807, 2.05) is 11.8 Å². The summed E-state index contributed by atoms with van der Waals surface area (Å²) in [5, 5.41) is 0.314. The van der Waals surface area contributed by atoms with Gasteiger partial charge in [0, 0.05) is 0 Å². The zero-order valence-corrected chi connectivity index (χ0v) is 9.56. The third kappa shape index (κ3) is 2.17. The Balaban J connectivity index is 2.32. The van der Waals surface area contributed by atoms with Gasteiger partial charge in [0.05, 0.1) is 10.8 Å². The number of nitrogen functional groups attached to an aromatic ring is 1. The van der Waals surface area contributed by atoms with Crippen LogP contribution in [0.15, 0.2) is 4.79 Å². The Morgan fingerprint density at radius 2 is 2.33 bits per heavy atom. The molecular formula is C10H15N3OS. The molecule has 15 heavy (non-hydrogen) atoms. The van der Waals surface area contributed by atoms with E-state index in [0.29, 0.717) is 16.6 Å². The first kappa shape index (κ1) is 10.5. The summed E-state index contributed by atoms with van der Waals surface area (Å²) >= 11 is 1.85. The number of aromatic amines is 1. The van der Waals surface area contributed by atoms with Crippen molar-refractivity contribution in [1.82, 2.24) is 9.97 Å². The first-order valence-corrected chi connectivity index (χ1v) is 6.21. The van der Waals surface area contributed by atoms with E-state index in [9.17, 15) is 4.79 Å². The molecule has 1 saturated heterocycles. The number of anilines is 1. The summed E-state index contributed by atoms with van der Waals surface area (Å²) < 4.78 is 0. The minimum absolute atomic E-state index is 0.108. The first-order chi connectivity index (χ1) is 7.18. The Bertz CT molecular complexity index is 410. The largest absolute Gasteiger partial charge is 0.383 e. The maximum Gasteiger partial charge on any atom is 0.255 e. The highest BCUT2D eigenvalue weighted by Crippen LogP contribution is 2.36. The molecule has 0 bridgehead atoms. The fourth-order valence-electron chi connectivity index (χ4n) is 1.68. The summed E-state index contributed by atoms with van der Waals surface area (Å²) in [6.07, 6.45) is 3.54. The lowest BCUT2D eigenvalue weighted by atomic mass is 10.2. The second-order valence-electron chi connectivity index (χ2n) is 3.82. The molecule has 4 nitrogen and oxygen atoms in total. The van der Waals surface area contributed by atoms with E-state index in [1.165, 1.54) is 12.8 Å². The van der Waals surface area contributed by atoms with Crippen molar-refractivity contribution in [2.75, 3.05) is 11.5 Å². The number of thioether (sulfide) groups is 1. The zero-order chi connectivity index (χ0) is 10.8. The van der Waals surface area contributed by atoms with E-state index in [0.717, 1.165) is 18.0 Å². The van der Waals surface area contributed by atoms with Crippen LogP contribution >= 0.6 is 11.8 Å². The monoisotopic (exact) mass is 225 g/mol. The SMILES string of the molecule is Cc1c(N)nc(C2CCCCS2)[nH]c1=O. The van der Waals surface area contributed by atoms with Crippen molar-refractivity contribution in [3.05, 3.63) is 21.7 Å². The Morgan fingerprint density at radius 3 is 2.93 bits per heavy atom. The lowest BCUT2D eigenvalue weighted by Gasteiger charge is -2.20. The van der Waals surface area contributed by atoms with Gasteiger partial charge in [-0.15, -0.1) is 0 Å². The predicted molar refractivity (Wildman–Crippen MR) is 63.1 cm³/mol. The van der Waals surface area contributed by atoms with Gasteiger partial charge < -0.3 is 10.7 Å². The van der Waals surface area contributed by atoms with Crippen LogP contribution in [0.5, 0.6) is 0 Å². The second kappa shape index (κ2) is 4.26. The van der Waals surface area contributed by atoms with Gasteiger partial charge in [0.25, 0.3) is 5.56 Å². The molecule has 2 rings (SSSR count). The van der Waals surface area contributed by atoms with Gasteiger partial charge in [0.1, 0.15) is 11.6 Å². The molecule has 0 amide bonds. The van der Waals surface area contributed by atoms with Gasteiger partial charge in [0.2, 0.25) is 0 Å². The average molecular weight is 225 g/mol. The van der Waals surface area contributed by atoms with Crippen LogP contribution in [-0.4, -0.2) is 15.7 Å². The van der Waals surface area contributed by atoms with Gasteiger partial charge in [-0.25, -0.2) is 4.98 Å². The van der Waals surface area contributed by atoms with Crippen molar-refractivity contribution in [1.29, 1.82) is 0 Å². The topological polar surface area (TPSA) is 71.8 Å². The van der Waals surface area contributed by atoms with Crippen LogP contribution < -0.4 is 11.3 Å². The van der Waals surface area contributed by atoms with Crippen LogP contribution in [0, 0.1) is 6.92 Å². The molecule has 1 atom stereocenters. The van der Waals surface area contributed by atoms with E-state index < -0.39 is 0 Å². The average Bonchev–Trinajstić information content (AvgIpc) is 2.26. The van der Waals surface area contributed by atoms with Crippen LogP contribution in [0.1, 0.15) is 35.9 Å². The van der Waals surface area contributed by atoms with Crippen molar-refractivity contribution in [3.63, 3.8) is 0 Å². The fourth-order valence-corrected chi connectivity index (χ4v) is 2.93. The number of rotatable bonds is 1. The maximum absolute atomic E-state index is 11.5. The molecule has 82 valence electrons. The second-order valence-corrected chi connectivity index (χ2v) is 5.13. The molecule has 2 heterocycles. The number of hydrogen-bond donors (Lipinski definition) is 2. The standard InChI is InChI=1S/C10H15N3OS/c1-6-8(11)12-9(13-10(6)14)7-4-2-3-5-15-7/h7H,2-5H2,1H3,(H3,11,12,13,14). The van der Waals surface area contributed by atoms with Crippen LogP contribution in [-0.2, 0) is 0 Å². The minimum Gasteiger partial charge on any atom is -0.383 e. The molecule has 0 aliphatic carbocycles. The van der Waals surface area contributed by atoms with Gasteiger partial charge in [-0.05, 0) is 25.5 Å². The van der Waals surface area contributed by atoms with E-state index in [1.54, 1.807) is 6.92 Å². The molecule has 1 aliphatic rings. The van der Waals surface area contributed by atoms with Gasteiger partial charge in [-0.1, -0.05) is 6.42 Å². The van der Waals surface area contributed by atoms with Gasteiger partial charge in [0.15, 0.2) is 0 Å². The summed E-state index contributed by atoms with van der Waals surface area (Å²) in [6.45, 7) is 1.69. The van der Waals surface area contributed by atoms with Crippen molar-refractivity contribution >= 4 is 17.6 Å². The zero-order valence-electron chi connectivity index (χ0n) is 8.75. The molecule has 1 unspecified atom stereocenters. The van der Waals surface area contributed by atoms with Crippen LogP contribution in [0.2, 0.25) is 0 Å². The number of nitrogens with zero attached hydrogens (tertiary/aromatic N) is 1. The van der Waals surface area contributed by atoms with Crippen molar-refractivity contribution in [3.8, 4) is 0 Å². The lowest BCUT2D eigenvalue weighted by Crippen LogP contribution is -2.19. The Hall–Kier alpha value is -0.970. The predicted octanol–water partition coefficient (Wildman–Crippen LogP) is 1.62. The van der Waals surface area contributed by atoms with E-state index in [-0.39, 0.29) is 5.56 Å². The molecule has 0 spiro atoms. The number of nitrogens with two attached hydrogens (primary N) is 1. The number of H-pyrrole nitrogens is 1. The van der Waals surface area contributed by atoms with Crippen molar-refractivity contribution < 1.29 is 0 Å². The third-order valence-corrected chi connectivity index (χ3v) is 4.08. The van der Waals surface area contributed by atoms with Crippen molar-refractivity contribution in [2.45, 2.75) is 31.4 Å². The van der Waals surface area contributed by atoms with Gasteiger partial charge in [-0.3, -0.25) is 4.79 Å². The minimum atomic E-state index is -0.108. The van der Waals surface area contributed by atoms with Crippen LogP contribution in [0.3, 0.4) is 0 Å². The molecule has 0 saturated carbocycles. The summed E-state index contributed by atoms with van der Waals surface area (Å²) in [4.78, 5) is 18.6. The fraction of sp³-hybridized carbons (Fsp3) is 0.600. The normalized spacial score (nSPS) is 21.5.